The molecule has 3 fully saturated rings. The fraction of sp³-hybridized carbons (Fsp3) is 0.783. The number of nitrogens with zero attached hydrogens (tertiary/aromatic N) is 2. The Kier molecular flexibility index (Phi) is 7.41. The maximum absolute atomic E-state index is 14.0. The molecule has 3 aliphatic rings. The normalized spacial score (nSPS) is 33.3. The molecule has 2 unspecified atom stereocenters. The molecule has 2 amide bonds. The second-order valence-electron chi connectivity index (χ2n) is 9.20. The van der Waals surface area contributed by atoms with Crippen molar-refractivity contribution in [2.45, 2.75) is 75.0 Å². The van der Waals surface area contributed by atoms with E-state index in [0.717, 1.165) is 19.3 Å². The molecule has 0 aromatic rings. The quantitative estimate of drug-likeness (QED) is 0.467. The van der Waals surface area contributed by atoms with Gasteiger partial charge in [-0.1, -0.05) is 39.7 Å². The maximum Gasteiger partial charge on any atom is 0.308 e. The molecule has 0 aliphatic carbocycles. The molecule has 7 atom stereocenters. The van der Waals surface area contributed by atoms with Crippen LogP contribution in [0.1, 0.15) is 52.9 Å². The number of carboxylic acids is 1. The van der Waals surface area contributed by atoms with Gasteiger partial charge in [0.05, 0.1) is 29.2 Å². The summed E-state index contributed by atoms with van der Waals surface area (Å²) in [6, 6.07) is -1.25. The second-order valence-corrected chi connectivity index (χ2v) is 10.8. The number of unbranched alkanes of at least 4 members (excludes halogenated alkanes) is 1. The molecule has 0 aromatic heterocycles. The Balaban J connectivity index is 2.08. The number of carbonyl (C=O) groups excluding carboxylic acids is 2. The summed E-state index contributed by atoms with van der Waals surface area (Å²) in [5, 5.41) is 20.0. The van der Waals surface area contributed by atoms with Crippen LogP contribution in [0.15, 0.2) is 12.7 Å². The lowest BCUT2D eigenvalue weighted by Crippen LogP contribution is -2.58. The van der Waals surface area contributed by atoms with E-state index >= 15 is 0 Å². The van der Waals surface area contributed by atoms with Crippen molar-refractivity contribution in [1.29, 1.82) is 0 Å². The molecule has 3 saturated heterocycles. The molecule has 0 radical (unpaired) electrons. The molecule has 1 spiro atoms. The molecular weight excluding hydrogens is 416 g/mol. The van der Waals surface area contributed by atoms with Crippen molar-refractivity contribution < 1.29 is 24.6 Å². The Bertz CT molecular complexity index is 731. The monoisotopic (exact) mass is 452 g/mol. The molecule has 2 bridgehead atoms. The highest BCUT2D eigenvalue weighted by Crippen LogP contribution is 2.66. The first-order valence-electron chi connectivity index (χ1n) is 11.5. The average Bonchev–Trinajstić information content (AvgIpc) is 3.39. The third-order valence-corrected chi connectivity index (χ3v) is 9.50. The van der Waals surface area contributed by atoms with Gasteiger partial charge in [-0.05, 0) is 25.2 Å². The van der Waals surface area contributed by atoms with Crippen molar-refractivity contribution in [3.63, 3.8) is 0 Å². The van der Waals surface area contributed by atoms with E-state index in [0.29, 0.717) is 25.9 Å². The highest BCUT2D eigenvalue weighted by molar-refractivity contribution is 8.02. The van der Waals surface area contributed by atoms with Crippen LogP contribution in [0, 0.1) is 17.8 Å². The van der Waals surface area contributed by atoms with Crippen LogP contribution in [-0.4, -0.2) is 79.6 Å². The molecule has 3 rings (SSSR count). The first-order chi connectivity index (χ1) is 14.8. The van der Waals surface area contributed by atoms with Crippen molar-refractivity contribution in [1.82, 2.24) is 9.80 Å². The van der Waals surface area contributed by atoms with Crippen LogP contribution < -0.4 is 0 Å². The fourth-order valence-corrected chi connectivity index (χ4v) is 7.99. The van der Waals surface area contributed by atoms with E-state index in [-0.39, 0.29) is 29.6 Å². The summed E-state index contributed by atoms with van der Waals surface area (Å²) in [5.41, 5.74) is 0. The Labute approximate surface area is 189 Å². The van der Waals surface area contributed by atoms with Crippen molar-refractivity contribution in [2.24, 2.45) is 17.8 Å². The van der Waals surface area contributed by atoms with Crippen LogP contribution in [0.25, 0.3) is 0 Å². The van der Waals surface area contributed by atoms with Crippen molar-refractivity contribution in [2.75, 3.05) is 19.7 Å². The lowest BCUT2D eigenvalue weighted by atomic mass is 9.71. The summed E-state index contributed by atoms with van der Waals surface area (Å²) in [6.45, 7) is 10.5. The molecule has 7 nitrogen and oxygen atoms in total. The number of hydrogen-bond donors (Lipinski definition) is 2. The van der Waals surface area contributed by atoms with E-state index in [1.165, 1.54) is 11.8 Å². The predicted octanol–water partition coefficient (Wildman–Crippen LogP) is 2.38. The van der Waals surface area contributed by atoms with Crippen LogP contribution in [0.5, 0.6) is 0 Å². The Hall–Kier alpha value is -1.54. The Morgan fingerprint density at radius 2 is 2.13 bits per heavy atom. The zero-order chi connectivity index (χ0) is 22.9. The van der Waals surface area contributed by atoms with Gasteiger partial charge in [0.1, 0.15) is 6.04 Å². The predicted molar refractivity (Wildman–Crippen MR) is 121 cm³/mol. The van der Waals surface area contributed by atoms with Crippen molar-refractivity contribution in [3.05, 3.63) is 12.7 Å². The molecule has 31 heavy (non-hydrogen) atoms. The number of thioether (sulfide) groups is 1. The van der Waals surface area contributed by atoms with Crippen LogP contribution >= 0.6 is 11.8 Å². The van der Waals surface area contributed by atoms with E-state index in [9.17, 15) is 24.6 Å². The largest absolute Gasteiger partial charge is 0.481 e. The first-order valence-corrected chi connectivity index (χ1v) is 12.4. The number of rotatable bonds is 11. The number of aliphatic hydroxyl groups excluding tert-OH is 1. The first kappa shape index (κ1) is 24.1. The van der Waals surface area contributed by atoms with Gasteiger partial charge in [0.25, 0.3) is 0 Å². The number of carbonyl (C=O) groups is 3. The third kappa shape index (κ3) is 3.80. The molecule has 3 heterocycles. The summed E-state index contributed by atoms with van der Waals surface area (Å²) in [4.78, 5) is 43.2. The van der Waals surface area contributed by atoms with Gasteiger partial charge in [0.2, 0.25) is 11.8 Å². The van der Waals surface area contributed by atoms with Gasteiger partial charge in [0.15, 0.2) is 0 Å². The van der Waals surface area contributed by atoms with Gasteiger partial charge < -0.3 is 20.0 Å². The van der Waals surface area contributed by atoms with E-state index in [1.54, 1.807) is 15.9 Å². The average molecular weight is 453 g/mol. The van der Waals surface area contributed by atoms with Crippen molar-refractivity contribution in [3.8, 4) is 0 Å². The minimum Gasteiger partial charge on any atom is -0.481 e. The molecule has 0 aromatic carbocycles. The van der Waals surface area contributed by atoms with Crippen LogP contribution in [-0.2, 0) is 14.4 Å². The SMILES string of the molecule is C=CCN(CCCC)C(=O)C1N([C@@H](CO)[C@@H](C)CC)C(=O)[C@@H]2[C@@H](C(=O)O)[C@H]3CCC12S3. The van der Waals surface area contributed by atoms with Gasteiger partial charge in [-0.3, -0.25) is 14.4 Å². The molecule has 0 saturated carbocycles. The highest BCUT2D eigenvalue weighted by Gasteiger charge is 2.74. The summed E-state index contributed by atoms with van der Waals surface area (Å²) < 4.78 is -0.728. The maximum atomic E-state index is 14.0. The highest BCUT2D eigenvalue weighted by atomic mass is 32.2. The van der Waals surface area contributed by atoms with Gasteiger partial charge in [-0.2, -0.15) is 0 Å². The number of likely N-dealkylation sites (tertiary alicyclic amines) is 1. The van der Waals surface area contributed by atoms with Gasteiger partial charge in [0, 0.05) is 18.3 Å². The molecular formula is C23H36N2O5S. The van der Waals surface area contributed by atoms with Crippen LogP contribution in [0.2, 0.25) is 0 Å². The molecule has 174 valence electrons. The number of amides is 2. The number of fused-ring (bicyclic) bond motifs is 1. The number of aliphatic carboxylic acids is 1. The minimum absolute atomic E-state index is 0.00606. The van der Waals surface area contributed by atoms with Gasteiger partial charge in [-0.15, -0.1) is 18.3 Å². The molecule has 3 aliphatic heterocycles. The second kappa shape index (κ2) is 9.53. The Morgan fingerprint density at radius 3 is 2.68 bits per heavy atom. The smallest absolute Gasteiger partial charge is 0.308 e. The fourth-order valence-electron chi connectivity index (χ4n) is 5.79. The topological polar surface area (TPSA) is 98.2 Å². The van der Waals surface area contributed by atoms with Crippen molar-refractivity contribution >= 4 is 29.5 Å². The standard InChI is InChI=1S/C23H36N2O5S/c1-5-8-12-24(11-6-2)21(28)19-23-10-9-16(31-23)17(22(29)30)18(23)20(27)25(19)15(13-26)14(4)7-3/h6,14-19,26H,2,5,7-13H2,1,3-4H3,(H,29,30)/t14-,15-,16+,17-,18-,19?,23?/m0/s1. The summed E-state index contributed by atoms with van der Waals surface area (Å²) >= 11 is 1.54. The number of aliphatic hydroxyl groups is 1. The van der Waals surface area contributed by atoms with Gasteiger partial charge in [-0.25, -0.2) is 0 Å². The molecule has 2 N–H and O–H groups in total. The third-order valence-electron chi connectivity index (χ3n) is 7.55. The summed E-state index contributed by atoms with van der Waals surface area (Å²) in [6.07, 6.45) is 5.58. The van der Waals surface area contributed by atoms with E-state index in [4.69, 9.17) is 0 Å². The Morgan fingerprint density at radius 1 is 1.42 bits per heavy atom. The van der Waals surface area contributed by atoms with Crippen LogP contribution in [0.3, 0.4) is 0 Å². The zero-order valence-electron chi connectivity index (χ0n) is 18.8. The summed E-state index contributed by atoms with van der Waals surface area (Å²) in [7, 11) is 0. The minimum atomic E-state index is -0.955. The number of hydrogen-bond acceptors (Lipinski definition) is 5. The van der Waals surface area contributed by atoms with E-state index < -0.39 is 34.6 Å². The van der Waals surface area contributed by atoms with Crippen LogP contribution in [0.4, 0.5) is 0 Å². The van der Waals surface area contributed by atoms with E-state index in [1.807, 2.05) is 13.8 Å². The van der Waals surface area contributed by atoms with Gasteiger partial charge >= 0.3 is 5.97 Å². The summed E-state index contributed by atoms with van der Waals surface area (Å²) in [5.74, 6) is -2.85. The zero-order valence-corrected chi connectivity index (χ0v) is 19.6. The van der Waals surface area contributed by atoms with E-state index in [2.05, 4.69) is 13.5 Å². The number of carboxylic acid groups (broad SMARTS) is 1. The lowest BCUT2D eigenvalue weighted by molar-refractivity contribution is -0.150. The lowest BCUT2D eigenvalue weighted by Gasteiger charge is -2.41. The molecule has 8 heteroatoms.